The van der Waals surface area contributed by atoms with Gasteiger partial charge in [-0.1, -0.05) is 12.1 Å². The lowest BCUT2D eigenvalue weighted by Gasteiger charge is -2.18. The zero-order chi connectivity index (χ0) is 13.4. The Bertz CT molecular complexity index is 535. The van der Waals surface area contributed by atoms with E-state index in [1.54, 1.807) is 12.1 Å². The van der Waals surface area contributed by atoms with Crippen LogP contribution in [0, 0.1) is 5.82 Å². The van der Waals surface area contributed by atoms with Gasteiger partial charge >= 0.3 is 0 Å². The van der Waals surface area contributed by atoms with Crippen molar-refractivity contribution in [3.63, 3.8) is 0 Å². The molecule has 2 aliphatic rings. The highest BCUT2D eigenvalue weighted by Crippen LogP contribution is 2.37. The number of ketones is 1. The minimum absolute atomic E-state index is 0.0475. The second-order valence-electron chi connectivity index (χ2n) is 5.32. The van der Waals surface area contributed by atoms with Crippen LogP contribution in [0.5, 0.6) is 0 Å². The van der Waals surface area contributed by atoms with Crippen LogP contribution >= 0.6 is 0 Å². The maximum Gasteiger partial charge on any atom is 0.223 e. The monoisotopic (exact) mass is 261 g/mol. The highest BCUT2D eigenvalue weighted by atomic mass is 19.1. The van der Waals surface area contributed by atoms with E-state index in [1.165, 1.54) is 6.07 Å². The number of hydrogen-bond donors (Lipinski definition) is 0. The Kier molecular flexibility index (Phi) is 3.09. The first-order chi connectivity index (χ1) is 9.16. The van der Waals surface area contributed by atoms with E-state index in [2.05, 4.69) is 0 Å². The van der Waals surface area contributed by atoms with Gasteiger partial charge in [-0.15, -0.1) is 0 Å². The topological polar surface area (TPSA) is 37.4 Å². The Morgan fingerprint density at radius 2 is 2.05 bits per heavy atom. The maximum atomic E-state index is 13.9. The number of carbonyl (C=O) groups is 2. The molecule has 0 N–H and O–H groups in total. The van der Waals surface area contributed by atoms with Crippen molar-refractivity contribution in [2.75, 3.05) is 13.1 Å². The van der Waals surface area contributed by atoms with Gasteiger partial charge in [0.15, 0.2) is 5.78 Å². The third-order valence-electron chi connectivity index (χ3n) is 4.07. The molecular formula is C15H16FNO2. The fourth-order valence-electron chi connectivity index (χ4n) is 3.11. The van der Waals surface area contributed by atoms with Gasteiger partial charge in [0.05, 0.1) is 0 Å². The second-order valence-corrected chi connectivity index (χ2v) is 5.32. The molecule has 100 valence electrons. The number of benzene rings is 1. The van der Waals surface area contributed by atoms with Crippen molar-refractivity contribution in [1.82, 2.24) is 4.90 Å². The lowest BCUT2D eigenvalue weighted by atomic mass is 9.96. The maximum absolute atomic E-state index is 13.9. The minimum atomic E-state index is -0.359. The molecule has 1 atom stereocenters. The largest absolute Gasteiger partial charge is 0.343 e. The zero-order valence-electron chi connectivity index (χ0n) is 10.7. The van der Waals surface area contributed by atoms with E-state index >= 15 is 0 Å². The molecule has 0 radical (unpaired) electrons. The number of rotatable bonds is 2. The fraction of sp³-hybridized carbons (Fsp3) is 0.467. The third kappa shape index (κ3) is 2.15. The average molecular weight is 261 g/mol. The summed E-state index contributed by atoms with van der Waals surface area (Å²) in [6.45, 7) is 1.59. The number of Topliss-reactive ketones (excluding diaryl/α,β-unsaturated/α-hetero) is 1. The molecule has 1 heterocycles. The summed E-state index contributed by atoms with van der Waals surface area (Å²) in [4.78, 5) is 25.8. The molecule has 3 nitrogen and oxygen atoms in total. The summed E-state index contributed by atoms with van der Waals surface area (Å²) in [6, 6.07) is 4.57. The van der Waals surface area contributed by atoms with Gasteiger partial charge in [-0.3, -0.25) is 9.59 Å². The molecule has 1 aromatic rings. The first-order valence-corrected chi connectivity index (χ1v) is 6.76. The Morgan fingerprint density at radius 1 is 1.32 bits per heavy atom. The molecule has 4 heteroatoms. The predicted molar refractivity (Wildman–Crippen MR) is 68.5 cm³/mol. The van der Waals surface area contributed by atoms with Crippen molar-refractivity contribution in [2.45, 2.75) is 31.6 Å². The first-order valence-electron chi connectivity index (χ1n) is 6.76. The third-order valence-corrected chi connectivity index (χ3v) is 4.07. The van der Waals surface area contributed by atoms with Crippen molar-refractivity contribution in [3.8, 4) is 0 Å². The van der Waals surface area contributed by atoms with E-state index in [-0.39, 0.29) is 36.3 Å². The Balaban J connectivity index is 1.81. The van der Waals surface area contributed by atoms with Crippen LogP contribution in [0.1, 0.15) is 47.5 Å². The molecule has 1 aliphatic heterocycles. The lowest BCUT2D eigenvalue weighted by molar-refractivity contribution is -0.130. The molecule has 19 heavy (non-hydrogen) atoms. The van der Waals surface area contributed by atoms with Gasteiger partial charge in [0, 0.05) is 43.0 Å². The van der Waals surface area contributed by atoms with Gasteiger partial charge in [0.2, 0.25) is 5.91 Å². The number of carbonyl (C=O) groups excluding carboxylic acids is 2. The summed E-state index contributed by atoms with van der Waals surface area (Å²) < 4.78 is 13.9. The van der Waals surface area contributed by atoms with Crippen molar-refractivity contribution in [2.24, 2.45) is 0 Å². The van der Waals surface area contributed by atoms with Gasteiger partial charge in [-0.2, -0.15) is 0 Å². The van der Waals surface area contributed by atoms with E-state index in [0.717, 1.165) is 25.9 Å². The van der Waals surface area contributed by atoms with Crippen LogP contribution in [0.15, 0.2) is 18.2 Å². The first kappa shape index (κ1) is 12.3. The minimum Gasteiger partial charge on any atom is -0.343 e. The van der Waals surface area contributed by atoms with E-state index in [1.807, 2.05) is 4.90 Å². The predicted octanol–water partition coefficient (Wildman–Crippen LogP) is 2.51. The van der Waals surface area contributed by atoms with Crippen LogP contribution in [-0.4, -0.2) is 29.7 Å². The van der Waals surface area contributed by atoms with E-state index in [4.69, 9.17) is 0 Å². The smallest absolute Gasteiger partial charge is 0.223 e. The van der Waals surface area contributed by atoms with E-state index in [9.17, 15) is 14.0 Å². The average Bonchev–Trinajstić information content (AvgIpc) is 2.99. The lowest BCUT2D eigenvalue weighted by Crippen LogP contribution is -2.28. The molecule has 1 amide bonds. The highest BCUT2D eigenvalue weighted by Gasteiger charge is 2.34. The number of hydrogen-bond acceptors (Lipinski definition) is 2. The summed E-state index contributed by atoms with van der Waals surface area (Å²) in [5, 5.41) is 0. The summed E-state index contributed by atoms with van der Waals surface area (Å²) in [6.07, 6.45) is 2.59. The summed E-state index contributed by atoms with van der Waals surface area (Å²) >= 11 is 0. The number of fused-ring (bicyclic) bond motifs is 1. The van der Waals surface area contributed by atoms with Crippen molar-refractivity contribution >= 4 is 11.7 Å². The van der Waals surface area contributed by atoms with E-state index < -0.39 is 0 Å². The van der Waals surface area contributed by atoms with Crippen LogP contribution in [0.3, 0.4) is 0 Å². The summed E-state index contributed by atoms with van der Waals surface area (Å²) in [5.74, 6) is -0.639. The van der Waals surface area contributed by atoms with Crippen LogP contribution < -0.4 is 0 Å². The number of halogens is 1. The Morgan fingerprint density at radius 3 is 2.79 bits per heavy atom. The Labute approximate surface area is 111 Å². The SMILES string of the molecule is O=C1CC(CC(=O)N2CCCC2)c2c(F)cccc21. The zero-order valence-corrected chi connectivity index (χ0v) is 10.7. The molecule has 0 aromatic heterocycles. The molecular weight excluding hydrogens is 245 g/mol. The van der Waals surface area contributed by atoms with E-state index in [0.29, 0.717) is 11.1 Å². The number of amides is 1. The molecule has 1 saturated heterocycles. The molecule has 1 aliphatic carbocycles. The quantitative estimate of drug-likeness (QED) is 0.820. The molecule has 0 saturated carbocycles. The van der Waals surface area contributed by atoms with Crippen LogP contribution in [0.2, 0.25) is 0 Å². The molecule has 3 rings (SSSR count). The molecule has 1 unspecified atom stereocenters. The van der Waals surface area contributed by atoms with Crippen molar-refractivity contribution < 1.29 is 14.0 Å². The molecule has 1 aromatic carbocycles. The molecule has 0 bridgehead atoms. The highest BCUT2D eigenvalue weighted by molar-refractivity contribution is 6.02. The van der Waals surface area contributed by atoms with Crippen molar-refractivity contribution in [3.05, 3.63) is 35.1 Å². The van der Waals surface area contributed by atoms with Gasteiger partial charge in [-0.25, -0.2) is 4.39 Å². The van der Waals surface area contributed by atoms with Crippen LogP contribution in [0.4, 0.5) is 4.39 Å². The number of likely N-dealkylation sites (tertiary alicyclic amines) is 1. The standard InChI is InChI=1S/C15H16FNO2/c16-12-5-3-4-11-13(18)8-10(15(11)12)9-14(19)17-6-1-2-7-17/h3-5,10H,1-2,6-9H2. The summed E-state index contributed by atoms with van der Waals surface area (Å²) in [7, 11) is 0. The van der Waals surface area contributed by atoms with Gasteiger partial charge in [-0.05, 0) is 18.9 Å². The summed E-state index contributed by atoms with van der Waals surface area (Å²) in [5.41, 5.74) is 0.902. The van der Waals surface area contributed by atoms with Crippen molar-refractivity contribution in [1.29, 1.82) is 0 Å². The van der Waals surface area contributed by atoms with Crippen LogP contribution in [-0.2, 0) is 4.79 Å². The van der Waals surface area contributed by atoms with Gasteiger partial charge in [0.1, 0.15) is 5.82 Å². The molecule has 1 fully saturated rings. The fourth-order valence-corrected chi connectivity index (χ4v) is 3.11. The number of nitrogens with zero attached hydrogens (tertiary/aromatic N) is 1. The molecule has 0 spiro atoms. The second kappa shape index (κ2) is 4.76. The Hall–Kier alpha value is -1.71. The van der Waals surface area contributed by atoms with Gasteiger partial charge < -0.3 is 4.90 Å². The normalized spacial score (nSPS) is 21.8. The van der Waals surface area contributed by atoms with Crippen LogP contribution in [0.25, 0.3) is 0 Å². The van der Waals surface area contributed by atoms with Gasteiger partial charge in [0.25, 0.3) is 0 Å².